The van der Waals surface area contributed by atoms with Gasteiger partial charge < -0.3 is 19.5 Å². The van der Waals surface area contributed by atoms with Crippen LogP contribution in [0.2, 0.25) is 0 Å². The number of carbonyl (C=O) groups excluding carboxylic acids is 2. The molecule has 0 saturated carbocycles. The zero-order valence-electron chi connectivity index (χ0n) is 17.3. The number of esters is 1. The highest BCUT2D eigenvalue weighted by Crippen LogP contribution is 2.28. The van der Waals surface area contributed by atoms with Gasteiger partial charge >= 0.3 is 5.97 Å². The average molecular weight is 409 g/mol. The second-order valence-electron chi connectivity index (χ2n) is 6.35. The molecule has 2 rings (SSSR count). The first kappa shape index (κ1) is 22.7. The molecule has 0 spiro atoms. The third-order valence-electron chi connectivity index (χ3n) is 4.14. The van der Waals surface area contributed by atoms with Crippen molar-refractivity contribution in [1.29, 1.82) is 0 Å². The molecule has 0 radical (unpaired) electrons. The van der Waals surface area contributed by atoms with Crippen LogP contribution in [-0.2, 0) is 20.7 Å². The Morgan fingerprint density at radius 2 is 1.90 bits per heavy atom. The molecule has 1 N–H and O–H groups in total. The zero-order chi connectivity index (χ0) is 21.8. The van der Waals surface area contributed by atoms with Gasteiger partial charge in [-0.1, -0.05) is 49.1 Å². The van der Waals surface area contributed by atoms with Gasteiger partial charge in [-0.05, 0) is 36.3 Å². The molecule has 0 aromatic heterocycles. The summed E-state index contributed by atoms with van der Waals surface area (Å²) in [6.07, 6.45) is 5.01. The monoisotopic (exact) mass is 409 g/mol. The van der Waals surface area contributed by atoms with Gasteiger partial charge in [0.05, 0.1) is 13.7 Å². The van der Waals surface area contributed by atoms with Crippen molar-refractivity contribution in [2.45, 2.75) is 19.4 Å². The summed E-state index contributed by atoms with van der Waals surface area (Å²) in [4.78, 5) is 24.7. The lowest BCUT2D eigenvalue weighted by Gasteiger charge is -2.16. The van der Waals surface area contributed by atoms with Crippen LogP contribution in [0.1, 0.15) is 18.1 Å². The molecule has 30 heavy (non-hydrogen) atoms. The van der Waals surface area contributed by atoms with Crippen molar-refractivity contribution in [3.63, 3.8) is 0 Å². The Labute approximate surface area is 177 Å². The SMILES string of the molecule is C=CCOc1ccc(/C=C\C(=O)N[C@H](Cc2ccccc2)C(=O)OCC)cc1OC. The summed E-state index contributed by atoms with van der Waals surface area (Å²) in [5, 5.41) is 2.72. The first-order valence-electron chi connectivity index (χ1n) is 9.68. The van der Waals surface area contributed by atoms with Gasteiger partial charge in [0.1, 0.15) is 12.6 Å². The molecular formula is C24H27NO5. The fourth-order valence-electron chi connectivity index (χ4n) is 2.73. The minimum absolute atomic E-state index is 0.246. The Balaban J connectivity index is 2.07. The molecule has 2 aromatic rings. The molecule has 1 amide bonds. The van der Waals surface area contributed by atoms with Crippen LogP contribution in [0.15, 0.2) is 67.3 Å². The standard InChI is InChI=1S/C24H27NO5/c1-4-15-30-21-13-11-19(17-22(21)28-3)12-14-23(26)25-20(24(27)29-5-2)16-18-9-7-6-8-10-18/h4,6-14,17,20H,1,5,15-16H2,2-3H3,(H,25,26)/b14-12-/t20-/m1/s1. The second kappa shape index (κ2) is 12.1. The van der Waals surface area contributed by atoms with E-state index >= 15 is 0 Å². The van der Waals surface area contributed by atoms with Gasteiger partial charge in [0.15, 0.2) is 11.5 Å². The maximum atomic E-state index is 12.4. The van der Waals surface area contributed by atoms with Crippen LogP contribution in [0.3, 0.4) is 0 Å². The van der Waals surface area contributed by atoms with Crippen LogP contribution in [-0.4, -0.2) is 38.2 Å². The van der Waals surface area contributed by atoms with Crippen LogP contribution in [0.4, 0.5) is 0 Å². The summed E-state index contributed by atoms with van der Waals surface area (Å²) in [7, 11) is 1.55. The Kier molecular flexibility index (Phi) is 9.18. The highest BCUT2D eigenvalue weighted by Gasteiger charge is 2.21. The molecule has 0 bridgehead atoms. The minimum atomic E-state index is -0.770. The third kappa shape index (κ3) is 7.13. The molecule has 0 saturated heterocycles. The van der Waals surface area contributed by atoms with Crippen molar-refractivity contribution in [3.8, 4) is 11.5 Å². The first-order chi connectivity index (χ1) is 14.6. The molecular weight excluding hydrogens is 382 g/mol. The highest BCUT2D eigenvalue weighted by atomic mass is 16.5. The van der Waals surface area contributed by atoms with Gasteiger partial charge in [-0.3, -0.25) is 4.79 Å². The molecule has 0 fully saturated rings. The van der Waals surface area contributed by atoms with E-state index in [-0.39, 0.29) is 6.61 Å². The Bertz CT molecular complexity index is 876. The molecule has 6 nitrogen and oxygen atoms in total. The van der Waals surface area contributed by atoms with Gasteiger partial charge in [-0.2, -0.15) is 0 Å². The van der Waals surface area contributed by atoms with Crippen LogP contribution >= 0.6 is 0 Å². The quantitative estimate of drug-likeness (QED) is 0.349. The van der Waals surface area contributed by atoms with Crippen LogP contribution < -0.4 is 14.8 Å². The predicted molar refractivity (Wildman–Crippen MR) is 116 cm³/mol. The summed E-state index contributed by atoms with van der Waals surface area (Å²) in [5.74, 6) is 0.278. The molecule has 0 unspecified atom stereocenters. The van der Waals surface area contributed by atoms with Gasteiger partial charge in [0.25, 0.3) is 0 Å². The average Bonchev–Trinajstić information content (AvgIpc) is 2.77. The molecule has 2 aromatic carbocycles. The zero-order valence-corrected chi connectivity index (χ0v) is 17.3. The van der Waals surface area contributed by atoms with Gasteiger partial charge in [-0.25, -0.2) is 4.79 Å². The van der Waals surface area contributed by atoms with Crippen LogP contribution in [0.25, 0.3) is 6.08 Å². The van der Waals surface area contributed by atoms with Gasteiger partial charge in [0, 0.05) is 12.5 Å². The number of methoxy groups -OCH3 is 1. The van der Waals surface area contributed by atoms with Gasteiger partial charge in [0.2, 0.25) is 5.91 Å². The van der Waals surface area contributed by atoms with E-state index < -0.39 is 17.9 Å². The number of hydrogen-bond donors (Lipinski definition) is 1. The maximum absolute atomic E-state index is 12.4. The lowest BCUT2D eigenvalue weighted by molar-refractivity contribution is -0.146. The molecule has 0 heterocycles. The van der Waals surface area contributed by atoms with Crippen molar-refractivity contribution < 1.29 is 23.8 Å². The number of carbonyl (C=O) groups is 2. The van der Waals surface area contributed by atoms with Crippen molar-refractivity contribution >= 4 is 18.0 Å². The fraction of sp³-hybridized carbons (Fsp3) is 0.250. The Hall–Kier alpha value is -3.54. The summed E-state index contributed by atoms with van der Waals surface area (Å²) in [5.41, 5.74) is 1.68. The molecule has 158 valence electrons. The maximum Gasteiger partial charge on any atom is 0.328 e. The van der Waals surface area contributed by atoms with Crippen molar-refractivity contribution in [3.05, 3.63) is 78.4 Å². The molecule has 0 aliphatic heterocycles. The van der Waals surface area contributed by atoms with Crippen molar-refractivity contribution in [2.24, 2.45) is 0 Å². The largest absolute Gasteiger partial charge is 0.493 e. The van der Waals surface area contributed by atoms with E-state index in [1.54, 1.807) is 44.4 Å². The van der Waals surface area contributed by atoms with E-state index in [4.69, 9.17) is 14.2 Å². The first-order valence-corrected chi connectivity index (χ1v) is 9.68. The number of ether oxygens (including phenoxy) is 3. The fourth-order valence-corrected chi connectivity index (χ4v) is 2.73. The van der Waals surface area contributed by atoms with Crippen molar-refractivity contribution in [2.75, 3.05) is 20.3 Å². The second-order valence-corrected chi connectivity index (χ2v) is 6.35. The lowest BCUT2D eigenvalue weighted by atomic mass is 10.1. The normalized spacial score (nSPS) is 11.5. The number of amides is 1. The van der Waals surface area contributed by atoms with E-state index in [1.807, 2.05) is 30.3 Å². The van der Waals surface area contributed by atoms with Crippen LogP contribution in [0.5, 0.6) is 11.5 Å². The van der Waals surface area contributed by atoms with E-state index in [9.17, 15) is 9.59 Å². The van der Waals surface area contributed by atoms with E-state index in [0.717, 1.165) is 11.1 Å². The predicted octanol–water partition coefficient (Wildman–Crippen LogP) is 3.56. The van der Waals surface area contributed by atoms with Gasteiger partial charge in [-0.15, -0.1) is 0 Å². The highest BCUT2D eigenvalue weighted by molar-refractivity contribution is 5.94. The molecule has 1 atom stereocenters. The number of nitrogens with one attached hydrogen (secondary N) is 1. The molecule has 0 aliphatic carbocycles. The number of rotatable bonds is 11. The number of benzene rings is 2. The van der Waals surface area contributed by atoms with E-state index in [2.05, 4.69) is 11.9 Å². The van der Waals surface area contributed by atoms with Crippen LogP contribution in [0, 0.1) is 0 Å². The smallest absolute Gasteiger partial charge is 0.328 e. The summed E-state index contributed by atoms with van der Waals surface area (Å²) in [6.45, 7) is 5.96. The number of hydrogen-bond acceptors (Lipinski definition) is 5. The molecule has 6 heteroatoms. The summed E-state index contributed by atoms with van der Waals surface area (Å²) >= 11 is 0. The summed E-state index contributed by atoms with van der Waals surface area (Å²) in [6, 6.07) is 14.0. The Morgan fingerprint density at radius 1 is 1.13 bits per heavy atom. The topological polar surface area (TPSA) is 73.9 Å². The lowest BCUT2D eigenvalue weighted by Crippen LogP contribution is -2.42. The third-order valence-corrected chi connectivity index (χ3v) is 4.14. The van der Waals surface area contributed by atoms with E-state index in [0.29, 0.717) is 24.5 Å². The Morgan fingerprint density at radius 3 is 2.57 bits per heavy atom. The van der Waals surface area contributed by atoms with Crippen molar-refractivity contribution in [1.82, 2.24) is 5.32 Å². The van der Waals surface area contributed by atoms with E-state index in [1.165, 1.54) is 6.08 Å². The summed E-state index contributed by atoms with van der Waals surface area (Å²) < 4.78 is 15.9. The minimum Gasteiger partial charge on any atom is -0.493 e. The molecule has 0 aliphatic rings.